The number of rotatable bonds is 9. The first kappa shape index (κ1) is 19.4. The molecule has 2 amide bonds. The highest BCUT2D eigenvalue weighted by Gasteiger charge is 2.29. The molecule has 1 aromatic carbocycles. The largest absolute Gasteiger partial charge is 0.342 e. The lowest BCUT2D eigenvalue weighted by Gasteiger charge is -2.34. The van der Waals surface area contributed by atoms with Gasteiger partial charge in [-0.15, -0.1) is 0 Å². The van der Waals surface area contributed by atoms with E-state index in [4.69, 9.17) is 0 Å². The van der Waals surface area contributed by atoms with E-state index in [1.54, 1.807) is 0 Å². The highest BCUT2D eigenvalue weighted by atomic mass is 16.5. The summed E-state index contributed by atoms with van der Waals surface area (Å²) in [6.45, 7) is 3.70. The first-order chi connectivity index (χ1) is 12.1. The molecule has 1 unspecified atom stereocenters. The number of amides is 2. The van der Waals surface area contributed by atoms with E-state index in [1.807, 2.05) is 11.0 Å². The monoisotopic (exact) mass is 346 g/mol. The Bertz CT molecular complexity index is 527. The number of hydroxylamine groups is 2. The zero-order valence-electron chi connectivity index (χ0n) is 15.1. The number of unbranched alkanes of at least 4 members (excludes halogenated alkanes) is 1. The molecule has 1 aliphatic rings. The predicted octanol–water partition coefficient (Wildman–Crippen LogP) is 3.12. The van der Waals surface area contributed by atoms with Crippen molar-refractivity contribution in [2.24, 2.45) is 11.8 Å². The Kier molecular flexibility index (Phi) is 7.92. The summed E-state index contributed by atoms with van der Waals surface area (Å²) >= 11 is 0. The third kappa shape index (κ3) is 6.16. The van der Waals surface area contributed by atoms with E-state index >= 15 is 0 Å². The minimum Gasteiger partial charge on any atom is -0.342 e. The topological polar surface area (TPSA) is 60.9 Å². The summed E-state index contributed by atoms with van der Waals surface area (Å²) in [5, 5.41) is 10.1. The van der Waals surface area contributed by atoms with Gasteiger partial charge in [-0.1, -0.05) is 50.1 Å². The van der Waals surface area contributed by atoms with Crippen molar-refractivity contribution in [1.82, 2.24) is 9.96 Å². The number of hydrogen-bond donors (Lipinski definition) is 1. The minimum absolute atomic E-state index is 0.0764. The van der Waals surface area contributed by atoms with Gasteiger partial charge >= 0.3 is 0 Å². The summed E-state index contributed by atoms with van der Waals surface area (Å²) in [5.74, 6) is 0.387. The molecule has 1 aliphatic heterocycles. The molecule has 0 saturated carbocycles. The van der Waals surface area contributed by atoms with Crippen LogP contribution >= 0.6 is 0 Å². The van der Waals surface area contributed by atoms with Crippen LogP contribution in [0.5, 0.6) is 0 Å². The SMILES string of the molecule is CCCCC(CN(O)C=O)C(=O)N1CCC(Cc2ccccc2)CC1. The summed E-state index contributed by atoms with van der Waals surface area (Å²) < 4.78 is 0. The van der Waals surface area contributed by atoms with Gasteiger partial charge in [0.1, 0.15) is 0 Å². The van der Waals surface area contributed by atoms with E-state index in [1.165, 1.54) is 5.56 Å². The molecule has 2 rings (SSSR count). The molecule has 138 valence electrons. The Morgan fingerprint density at radius 3 is 2.60 bits per heavy atom. The van der Waals surface area contributed by atoms with Crippen molar-refractivity contribution in [2.45, 2.75) is 45.4 Å². The number of likely N-dealkylation sites (tertiary alicyclic amines) is 1. The molecule has 1 N–H and O–H groups in total. The van der Waals surface area contributed by atoms with E-state index in [0.29, 0.717) is 23.8 Å². The second-order valence-electron chi connectivity index (χ2n) is 7.02. The van der Waals surface area contributed by atoms with Crippen molar-refractivity contribution in [3.63, 3.8) is 0 Å². The van der Waals surface area contributed by atoms with Gasteiger partial charge in [-0.05, 0) is 37.2 Å². The smallest absolute Gasteiger partial charge is 0.233 e. The second kappa shape index (κ2) is 10.2. The fourth-order valence-corrected chi connectivity index (χ4v) is 3.58. The maximum absolute atomic E-state index is 12.8. The van der Waals surface area contributed by atoms with Gasteiger partial charge in [0.2, 0.25) is 12.3 Å². The van der Waals surface area contributed by atoms with Gasteiger partial charge in [-0.25, -0.2) is 5.06 Å². The number of piperidine rings is 1. The average Bonchev–Trinajstić information content (AvgIpc) is 2.65. The number of benzene rings is 1. The number of hydrogen-bond acceptors (Lipinski definition) is 3. The zero-order valence-corrected chi connectivity index (χ0v) is 15.1. The van der Waals surface area contributed by atoms with Crippen LogP contribution in [0.3, 0.4) is 0 Å². The highest BCUT2D eigenvalue weighted by Crippen LogP contribution is 2.24. The molecular formula is C20H30N2O3. The molecule has 1 fully saturated rings. The Balaban J connectivity index is 1.86. The van der Waals surface area contributed by atoms with Gasteiger partial charge in [0, 0.05) is 13.1 Å². The van der Waals surface area contributed by atoms with Gasteiger partial charge in [0.15, 0.2) is 0 Å². The van der Waals surface area contributed by atoms with E-state index < -0.39 is 0 Å². The quantitative estimate of drug-likeness (QED) is 0.424. The third-order valence-corrected chi connectivity index (χ3v) is 5.08. The molecule has 0 bridgehead atoms. The molecule has 0 spiro atoms. The van der Waals surface area contributed by atoms with Crippen LogP contribution in [-0.4, -0.2) is 47.1 Å². The van der Waals surface area contributed by atoms with Gasteiger partial charge < -0.3 is 4.90 Å². The summed E-state index contributed by atoms with van der Waals surface area (Å²) in [6, 6.07) is 10.5. The first-order valence-corrected chi connectivity index (χ1v) is 9.37. The number of carbonyl (C=O) groups is 2. The summed E-state index contributed by atoms with van der Waals surface area (Å²) in [5.41, 5.74) is 1.36. The Hall–Kier alpha value is -1.88. The van der Waals surface area contributed by atoms with Gasteiger partial charge in [0.25, 0.3) is 0 Å². The van der Waals surface area contributed by atoms with Crippen LogP contribution in [0.25, 0.3) is 0 Å². The number of carbonyl (C=O) groups excluding carboxylic acids is 2. The van der Waals surface area contributed by atoms with Gasteiger partial charge in [-0.2, -0.15) is 0 Å². The molecule has 25 heavy (non-hydrogen) atoms. The summed E-state index contributed by atoms with van der Waals surface area (Å²) in [4.78, 5) is 25.4. The van der Waals surface area contributed by atoms with Gasteiger partial charge in [0.05, 0.1) is 12.5 Å². The standard InChI is InChI=1S/C20H30N2O3/c1-2-3-9-19(15-22(25)16-23)20(24)21-12-10-18(11-13-21)14-17-7-5-4-6-8-17/h4-8,16,18-19,25H,2-3,9-15H2,1H3. The van der Waals surface area contributed by atoms with Crippen LogP contribution in [0.15, 0.2) is 30.3 Å². The highest BCUT2D eigenvalue weighted by molar-refractivity contribution is 5.79. The van der Waals surface area contributed by atoms with Crippen molar-refractivity contribution in [3.05, 3.63) is 35.9 Å². The average molecular weight is 346 g/mol. The Morgan fingerprint density at radius 2 is 2.00 bits per heavy atom. The fraction of sp³-hybridized carbons (Fsp3) is 0.600. The van der Waals surface area contributed by atoms with Crippen LogP contribution in [-0.2, 0) is 16.0 Å². The molecule has 1 atom stereocenters. The van der Waals surface area contributed by atoms with E-state index in [-0.39, 0.29) is 18.4 Å². The summed E-state index contributed by atoms with van der Waals surface area (Å²) in [6.07, 6.45) is 6.10. The lowest BCUT2D eigenvalue weighted by molar-refractivity contribution is -0.157. The Labute approximate surface area is 150 Å². The minimum atomic E-state index is -0.305. The first-order valence-electron chi connectivity index (χ1n) is 9.37. The fourth-order valence-electron chi connectivity index (χ4n) is 3.58. The van der Waals surface area contributed by atoms with Crippen molar-refractivity contribution < 1.29 is 14.8 Å². The van der Waals surface area contributed by atoms with Crippen molar-refractivity contribution in [3.8, 4) is 0 Å². The number of nitrogens with zero attached hydrogens (tertiary/aromatic N) is 2. The van der Waals surface area contributed by atoms with Gasteiger partial charge in [-0.3, -0.25) is 14.8 Å². The lowest BCUT2D eigenvalue weighted by atomic mass is 9.89. The molecule has 1 saturated heterocycles. The van der Waals surface area contributed by atoms with Crippen LogP contribution in [0, 0.1) is 11.8 Å². The van der Waals surface area contributed by atoms with E-state index in [9.17, 15) is 14.8 Å². The molecular weight excluding hydrogens is 316 g/mol. The van der Waals surface area contributed by atoms with E-state index in [0.717, 1.165) is 45.2 Å². The molecule has 0 aromatic heterocycles. The van der Waals surface area contributed by atoms with Crippen molar-refractivity contribution >= 4 is 12.3 Å². The predicted molar refractivity (Wildman–Crippen MR) is 97.0 cm³/mol. The normalized spacial score (nSPS) is 16.5. The third-order valence-electron chi connectivity index (χ3n) is 5.08. The zero-order chi connectivity index (χ0) is 18.1. The molecule has 5 heteroatoms. The van der Waals surface area contributed by atoms with Crippen molar-refractivity contribution in [2.75, 3.05) is 19.6 Å². The lowest BCUT2D eigenvalue weighted by Crippen LogP contribution is -2.44. The molecule has 1 heterocycles. The molecule has 0 aliphatic carbocycles. The van der Waals surface area contributed by atoms with Crippen LogP contribution in [0.1, 0.15) is 44.6 Å². The summed E-state index contributed by atoms with van der Waals surface area (Å²) in [7, 11) is 0. The van der Waals surface area contributed by atoms with Crippen LogP contribution in [0.4, 0.5) is 0 Å². The molecule has 0 radical (unpaired) electrons. The Morgan fingerprint density at radius 1 is 1.32 bits per heavy atom. The molecule has 5 nitrogen and oxygen atoms in total. The maximum atomic E-state index is 12.8. The van der Waals surface area contributed by atoms with Crippen molar-refractivity contribution in [1.29, 1.82) is 0 Å². The second-order valence-corrected chi connectivity index (χ2v) is 7.02. The maximum Gasteiger partial charge on any atom is 0.233 e. The van der Waals surface area contributed by atoms with E-state index in [2.05, 4.69) is 31.2 Å². The molecule has 1 aromatic rings. The van der Waals surface area contributed by atoms with Crippen LogP contribution in [0.2, 0.25) is 0 Å². The van der Waals surface area contributed by atoms with Crippen LogP contribution < -0.4 is 0 Å².